The molecule has 0 radical (unpaired) electrons. The number of hydrogen-bond donors (Lipinski definition) is 2. The van der Waals surface area contributed by atoms with Gasteiger partial charge in [-0.3, -0.25) is 10.1 Å². The van der Waals surface area contributed by atoms with Gasteiger partial charge in [-0.05, 0) is 60.2 Å². The average molecular weight is 542 g/mol. The first-order chi connectivity index (χ1) is 17.9. The molecule has 37 heavy (non-hydrogen) atoms. The molecule has 1 heterocycles. The van der Waals surface area contributed by atoms with E-state index in [1.807, 2.05) is 30.3 Å². The van der Waals surface area contributed by atoms with E-state index in [1.54, 1.807) is 30.3 Å². The minimum absolute atomic E-state index is 0.0668. The fraction of sp³-hybridized carbons (Fsp3) is 0.231. The van der Waals surface area contributed by atoms with Crippen LogP contribution >= 0.6 is 12.2 Å². The van der Waals surface area contributed by atoms with Crippen LogP contribution in [0.1, 0.15) is 15.9 Å². The highest BCUT2D eigenvalue weighted by Crippen LogP contribution is 2.29. The quantitative estimate of drug-likeness (QED) is 0.418. The number of nitrogens with one attached hydrogen (secondary N) is 2. The van der Waals surface area contributed by atoms with Gasteiger partial charge in [0.25, 0.3) is 5.91 Å². The minimum Gasteiger partial charge on any atom is -0.493 e. The molecule has 0 atom stereocenters. The summed E-state index contributed by atoms with van der Waals surface area (Å²) in [4.78, 5) is 12.9. The molecule has 1 amide bonds. The van der Waals surface area contributed by atoms with Crippen LogP contribution in [0.3, 0.4) is 0 Å². The smallest absolute Gasteiger partial charge is 0.257 e. The second-order valence-electron chi connectivity index (χ2n) is 8.09. The summed E-state index contributed by atoms with van der Waals surface area (Å²) in [5.74, 6) is 0.493. The van der Waals surface area contributed by atoms with E-state index in [-0.39, 0.29) is 10.0 Å². The van der Waals surface area contributed by atoms with Gasteiger partial charge in [0, 0.05) is 24.3 Å². The summed E-state index contributed by atoms with van der Waals surface area (Å²) >= 11 is 5.26. The molecule has 2 N–H and O–H groups in total. The average Bonchev–Trinajstić information content (AvgIpc) is 2.93. The summed E-state index contributed by atoms with van der Waals surface area (Å²) in [6, 6.07) is 20.7. The number of rotatable bonds is 8. The second kappa shape index (κ2) is 12.2. The molecule has 11 heteroatoms. The Kier molecular flexibility index (Phi) is 8.72. The van der Waals surface area contributed by atoms with Crippen LogP contribution in [0, 0.1) is 0 Å². The Bertz CT molecular complexity index is 1340. The van der Waals surface area contributed by atoms with E-state index in [1.165, 1.54) is 23.5 Å². The maximum atomic E-state index is 12.8. The zero-order valence-corrected chi connectivity index (χ0v) is 21.8. The number of carbonyl (C=O) groups excluding carboxylic acids is 1. The number of sulfonamides is 1. The number of thiocarbonyl (C=S) groups is 1. The van der Waals surface area contributed by atoms with Crippen molar-refractivity contribution < 1.29 is 27.4 Å². The molecule has 0 saturated carbocycles. The first-order valence-corrected chi connectivity index (χ1v) is 13.4. The number of nitrogens with zero attached hydrogens (tertiary/aromatic N) is 1. The number of benzene rings is 3. The molecule has 1 aliphatic heterocycles. The van der Waals surface area contributed by atoms with Crippen molar-refractivity contribution >= 4 is 38.9 Å². The van der Waals surface area contributed by atoms with E-state index in [9.17, 15) is 13.2 Å². The molecular weight excluding hydrogens is 514 g/mol. The number of ether oxygens (including phenoxy) is 3. The van der Waals surface area contributed by atoms with Gasteiger partial charge in [-0.1, -0.05) is 30.3 Å². The molecule has 0 bridgehead atoms. The van der Waals surface area contributed by atoms with Gasteiger partial charge in [-0.15, -0.1) is 0 Å². The first-order valence-electron chi connectivity index (χ1n) is 11.5. The van der Waals surface area contributed by atoms with Crippen LogP contribution in [-0.4, -0.2) is 57.2 Å². The summed E-state index contributed by atoms with van der Waals surface area (Å²) < 4.78 is 43.4. The summed E-state index contributed by atoms with van der Waals surface area (Å²) in [6.45, 7) is 1.76. The largest absolute Gasteiger partial charge is 0.493 e. The van der Waals surface area contributed by atoms with Gasteiger partial charge in [0.05, 0.1) is 25.2 Å². The summed E-state index contributed by atoms with van der Waals surface area (Å²) in [5.41, 5.74) is 1.88. The molecule has 3 aromatic rings. The summed E-state index contributed by atoms with van der Waals surface area (Å²) in [7, 11) is -2.09. The third-order valence-corrected chi connectivity index (χ3v) is 7.73. The Morgan fingerprint density at radius 2 is 1.70 bits per heavy atom. The fourth-order valence-corrected chi connectivity index (χ4v) is 5.27. The highest BCUT2D eigenvalue weighted by Gasteiger charge is 2.26. The highest BCUT2D eigenvalue weighted by molar-refractivity contribution is 7.89. The Morgan fingerprint density at radius 1 is 1.00 bits per heavy atom. The number of morpholine rings is 1. The van der Waals surface area contributed by atoms with Crippen LogP contribution in [0.15, 0.2) is 77.7 Å². The predicted molar refractivity (Wildman–Crippen MR) is 143 cm³/mol. The van der Waals surface area contributed by atoms with Gasteiger partial charge < -0.3 is 19.5 Å². The zero-order chi connectivity index (χ0) is 26.3. The van der Waals surface area contributed by atoms with Crippen LogP contribution in [0.25, 0.3) is 0 Å². The Hall–Kier alpha value is -3.51. The molecule has 4 rings (SSSR count). The zero-order valence-electron chi connectivity index (χ0n) is 20.2. The summed E-state index contributed by atoms with van der Waals surface area (Å²) in [6.07, 6.45) is 0. The molecule has 3 aromatic carbocycles. The Morgan fingerprint density at radius 3 is 2.38 bits per heavy atom. The third kappa shape index (κ3) is 6.83. The maximum Gasteiger partial charge on any atom is 0.257 e. The molecule has 0 spiro atoms. The molecule has 0 unspecified atom stereocenters. The monoisotopic (exact) mass is 541 g/mol. The van der Waals surface area contributed by atoms with E-state index in [4.69, 9.17) is 26.4 Å². The standard InChI is InChI=1S/C26H27N3O6S2/c1-33-24-17-20(7-12-23(24)35-18-19-5-3-2-4-6-19)25(30)28-26(36)27-21-8-10-22(11-9-21)37(31,32)29-13-15-34-16-14-29/h2-12,17H,13-16,18H2,1H3,(H2,27,28,30,36). The lowest BCUT2D eigenvalue weighted by Crippen LogP contribution is -2.40. The van der Waals surface area contributed by atoms with Crippen molar-refractivity contribution in [3.05, 3.63) is 83.9 Å². The van der Waals surface area contributed by atoms with Gasteiger partial charge >= 0.3 is 0 Å². The molecule has 9 nitrogen and oxygen atoms in total. The summed E-state index contributed by atoms with van der Waals surface area (Å²) in [5, 5.41) is 5.58. The first kappa shape index (κ1) is 26.6. The number of carbonyl (C=O) groups is 1. The van der Waals surface area contributed by atoms with Crippen molar-refractivity contribution in [3.8, 4) is 11.5 Å². The van der Waals surface area contributed by atoms with Crippen molar-refractivity contribution in [1.29, 1.82) is 0 Å². The van der Waals surface area contributed by atoms with Crippen LogP contribution in [0.4, 0.5) is 5.69 Å². The molecule has 1 saturated heterocycles. The second-order valence-corrected chi connectivity index (χ2v) is 10.4. The lowest BCUT2D eigenvalue weighted by molar-refractivity contribution is 0.0730. The molecule has 1 aliphatic rings. The minimum atomic E-state index is -3.59. The molecular formula is C26H27N3O6S2. The van der Waals surface area contributed by atoms with Gasteiger partial charge in [0.15, 0.2) is 16.6 Å². The Labute approximate surface area is 221 Å². The molecule has 0 aromatic heterocycles. The van der Waals surface area contributed by atoms with E-state index in [2.05, 4.69) is 10.6 Å². The van der Waals surface area contributed by atoms with Crippen LogP contribution in [0.5, 0.6) is 11.5 Å². The van der Waals surface area contributed by atoms with Crippen molar-refractivity contribution in [2.24, 2.45) is 0 Å². The molecule has 1 fully saturated rings. The highest BCUT2D eigenvalue weighted by atomic mass is 32.2. The van der Waals surface area contributed by atoms with Gasteiger partial charge in [-0.25, -0.2) is 8.42 Å². The lowest BCUT2D eigenvalue weighted by Gasteiger charge is -2.26. The molecule has 194 valence electrons. The van der Waals surface area contributed by atoms with Crippen molar-refractivity contribution in [3.63, 3.8) is 0 Å². The SMILES string of the molecule is COc1cc(C(=O)NC(=S)Nc2ccc(S(=O)(=O)N3CCOCC3)cc2)ccc1OCc1ccccc1. The van der Waals surface area contributed by atoms with Crippen LogP contribution < -0.4 is 20.1 Å². The topological polar surface area (TPSA) is 106 Å². The predicted octanol–water partition coefficient (Wildman–Crippen LogP) is 3.42. The van der Waals surface area contributed by atoms with Crippen molar-refractivity contribution in [1.82, 2.24) is 9.62 Å². The van der Waals surface area contributed by atoms with Crippen molar-refractivity contribution in [2.75, 3.05) is 38.7 Å². The molecule has 0 aliphatic carbocycles. The van der Waals surface area contributed by atoms with E-state index >= 15 is 0 Å². The number of hydrogen-bond acceptors (Lipinski definition) is 7. The van der Waals surface area contributed by atoms with Gasteiger partial charge in [0.2, 0.25) is 10.0 Å². The van der Waals surface area contributed by atoms with E-state index in [0.29, 0.717) is 55.7 Å². The number of anilines is 1. The number of amides is 1. The normalized spacial score (nSPS) is 14.0. The van der Waals surface area contributed by atoms with Crippen molar-refractivity contribution in [2.45, 2.75) is 11.5 Å². The number of methoxy groups -OCH3 is 1. The van der Waals surface area contributed by atoms with Crippen LogP contribution in [-0.2, 0) is 21.4 Å². The van der Waals surface area contributed by atoms with E-state index in [0.717, 1.165) is 5.56 Å². The lowest BCUT2D eigenvalue weighted by atomic mass is 10.2. The maximum absolute atomic E-state index is 12.8. The fourth-order valence-electron chi connectivity index (χ4n) is 3.65. The Balaban J connectivity index is 1.34. The van der Waals surface area contributed by atoms with Gasteiger partial charge in [0.1, 0.15) is 6.61 Å². The van der Waals surface area contributed by atoms with Gasteiger partial charge in [-0.2, -0.15) is 4.31 Å². The van der Waals surface area contributed by atoms with Crippen LogP contribution in [0.2, 0.25) is 0 Å². The third-order valence-electron chi connectivity index (χ3n) is 5.61. The van der Waals surface area contributed by atoms with E-state index < -0.39 is 15.9 Å².